The quantitative estimate of drug-likeness (QED) is 0.707. The van der Waals surface area contributed by atoms with Crippen LogP contribution in [-0.2, 0) is 0 Å². The van der Waals surface area contributed by atoms with Gasteiger partial charge in [0.1, 0.15) is 10.4 Å². The van der Waals surface area contributed by atoms with Gasteiger partial charge in [0, 0.05) is 13.1 Å². The van der Waals surface area contributed by atoms with Crippen molar-refractivity contribution in [3.8, 4) is 0 Å². The van der Waals surface area contributed by atoms with Crippen molar-refractivity contribution in [2.75, 3.05) is 18.0 Å². The van der Waals surface area contributed by atoms with Crippen LogP contribution in [0.3, 0.4) is 0 Å². The summed E-state index contributed by atoms with van der Waals surface area (Å²) in [6, 6.07) is 4.17. The molecule has 1 aliphatic carbocycles. The van der Waals surface area contributed by atoms with Gasteiger partial charge in [0.25, 0.3) is 0 Å². The number of rotatable bonds is 1. The topological polar surface area (TPSA) is 16.1 Å². The van der Waals surface area contributed by atoms with Crippen molar-refractivity contribution < 1.29 is 0 Å². The molecule has 0 radical (unpaired) electrons. The Balaban J connectivity index is 0.000000574. The second-order valence-corrected chi connectivity index (χ2v) is 6.07. The number of aryl methyl sites for hydroxylation is 1. The van der Waals surface area contributed by atoms with E-state index in [9.17, 15) is 0 Å². The predicted octanol–water partition coefficient (Wildman–Crippen LogP) is 4.56. The highest BCUT2D eigenvalue weighted by molar-refractivity contribution is 9.10. The summed E-state index contributed by atoms with van der Waals surface area (Å²) < 4.78 is 0.944. The Bertz CT molecular complexity index is 403. The molecule has 3 heteroatoms. The van der Waals surface area contributed by atoms with Crippen molar-refractivity contribution >= 4 is 21.7 Å². The first kappa shape index (κ1) is 13.9. The standard InChI is InChI=1S/C13H17BrN2.C2H6/c1-10-2-3-11(14)15-12(10)16-8-6-13(4-5-13)7-9-16;1-2/h2-3H,4-9H2,1H3;1-2H3. The van der Waals surface area contributed by atoms with Gasteiger partial charge in [0.15, 0.2) is 0 Å². The lowest BCUT2D eigenvalue weighted by molar-refractivity contribution is 0.383. The van der Waals surface area contributed by atoms with E-state index in [0.717, 1.165) is 10.0 Å². The molecule has 2 heterocycles. The van der Waals surface area contributed by atoms with Crippen molar-refractivity contribution in [1.82, 2.24) is 4.98 Å². The average molecular weight is 311 g/mol. The number of piperidine rings is 1. The molecule has 0 atom stereocenters. The molecule has 0 bridgehead atoms. The zero-order valence-corrected chi connectivity index (χ0v) is 13.3. The van der Waals surface area contributed by atoms with Crippen LogP contribution >= 0.6 is 15.9 Å². The van der Waals surface area contributed by atoms with Crippen LogP contribution in [0.5, 0.6) is 0 Å². The van der Waals surface area contributed by atoms with E-state index in [1.54, 1.807) is 0 Å². The number of hydrogen-bond donors (Lipinski definition) is 0. The number of anilines is 1. The Kier molecular flexibility index (Phi) is 4.31. The van der Waals surface area contributed by atoms with Crippen molar-refractivity contribution in [2.24, 2.45) is 5.41 Å². The Labute approximate surface area is 119 Å². The summed E-state index contributed by atoms with van der Waals surface area (Å²) in [6.07, 6.45) is 5.65. The molecule has 1 spiro atoms. The number of halogens is 1. The van der Waals surface area contributed by atoms with Gasteiger partial charge in [-0.2, -0.15) is 0 Å². The maximum atomic E-state index is 4.61. The second kappa shape index (κ2) is 5.60. The third-order valence-electron chi connectivity index (χ3n) is 4.12. The van der Waals surface area contributed by atoms with Crippen LogP contribution in [0.25, 0.3) is 0 Å². The van der Waals surface area contributed by atoms with Crippen LogP contribution in [0.2, 0.25) is 0 Å². The summed E-state index contributed by atoms with van der Waals surface area (Å²) in [6.45, 7) is 8.52. The minimum atomic E-state index is 0.746. The highest BCUT2D eigenvalue weighted by atomic mass is 79.9. The predicted molar refractivity (Wildman–Crippen MR) is 81.1 cm³/mol. The van der Waals surface area contributed by atoms with E-state index in [2.05, 4.69) is 38.8 Å². The molecule has 18 heavy (non-hydrogen) atoms. The molecule has 0 N–H and O–H groups in total. The molecule has 0 unspecified atom stereocenters. The van der Waals surface area contributed by atoms with Gasteiger partial charge < -0.3 is 4.90 Å². The maximum Gasteiger partial charge on any atom is 0.132 e. The van der Waals surface area contributed by atoms with E-state index in [1.165, 1.54) is 50.2 Å². The molecule has 2 fully saturated rings. The molecular formula is C15H23BrN2. The van der Waals surface area contributed by atoms with Gasteiger partial charge in [0.05, 0.1) is 0 Å². The number of nitrogens with zero attached hydrogens (tertiary/aromatic N) is 2. The molecule has 2 aliphatic rings. The molecule has 3 rings (SSSR count). The van der Waals surface area contributed by atoms with Gasteiger partial charge >= 0.3 is 0 Å². The molecule has 1 aromatic rings. The van der Waals surface area contributed by atoms with Gasteiger partial charge in [0.2, 0.25) is 0 Å². The lowest BCUT2D eigenvalue weighted by atomic mass is 9.93. The average Bonchev–Trinajstić information content (AvgIpc) is 3.16. The fourth-order valence-corrected chi connectivity index (χ4v) is 2.98. The lowest BCUT2D eigenvalue weighted by Crippen LogP contribution is -2.35. The minimum Gasteiger partial charge on any atom is -0.356 e. The molecule has 1 aromatic heterocycles. The highest BCUT2D eigenvalue weighted by Gasteiger charge is 2.44. The summed E-state index contributed by atoms with van der Waals surface area (Å²) in [5.74, 6) is 1.17. The summed E-state index contributed by atoms with van der Waals surface area (Å²) >= 11 is 3.46. The van der Waals surface area contributed by atoms with E-state index in [0.29, 0.717) is 0 Å². The van der Waals surface area contributed by atoms with E-state index >= 15 is 0 Å². The first-order chi connectivity index (χ1) is 8.69. The second-order valence-electron chi connectivity index (χ2n) is 5.26. The highest BCUT2D eigenvalue weighted by Crippen LogP contribution is 2.53. The largest absolute Gasteiger partial charge is 0.356 e. The van der Waals surface area contributed by atoms with Crippen LogP contribution < -0.4 is 4.90 Å². The van der Waals surface area contributed by atoms with Crippen LogP contribution in [0.4, 0.5) is 5.82 Å². The number of aromatic nitrogens is 1. The van der Waals surface area contributed by atoms with Crippen LogP contribution in [0.1, 0.15) is 45.1 Å². The molecule has 0 aromatic carbocycles. The summed E-state index contributed by atoms with van der Waals surface area (Å²) in [4.78, 5) is 7.06. The van der Waals surface area contributed by atoms with Crippen LogP contribution in [0, 0.1) is 12.3 Å². The van der Waals surface area contributed by atoms with E-state index in [-0.39, 0.29) is 0 Å². The van der Waals surface area contributed by atoms with E-state index in [1.807, 2.05) is 19.9 Å². The Hall–Kier alpha value is -0.570. The lowest BCUT2D eigenvalue weighted by Gasteiger charge is -2.33. The maximum absolute atomic E-state index is 4.61. The molecular weight excluding hydrogens is 288 g/mol. The van der Waals surface area contributed by atoms with Gasteiger partial charge in [-0.1, -0.05) is 19.9 Å². The first-order valence-electron chi connectivity index (χ1n) is 7.07. The summed E-state index contributed by atoms with van der Waals surface area (Å²) in [5.41, 5.74) is 2.03. The first-order valence-corrected chi connectivity index (χ1v) is 7.86. The van der Waals surface area contributed by atoms with Crippen molar-refractivity contribution in [1.29, 1.82) is 0 Å². The Morgan fingerprint density at radius 1 is 1.11 bits per heavy atom. The van der Waals surface area contributed by atoms with Crippen molar-refractivity contribution in [3.05, 3.63) is 22.3 Å². The molecule has 0 amide bonds. The van der Waals surface area contributed by atoms with E-state index in [4.69, 9.17) is 0 Å². The molecule has 100 valence electrons. The van der Waals surface area contributed by atoms with Gasteiger partial charge in [-0.3, -0.25) is 0 Å². The van der Waals surface area contributed by atoms with Crippen molar-refractivity contribution in [3.63, 3.8) is 0 Å². The summed E-state index contributed by atoms with van der Waals surface area (Å²) in [5, 5.41) is 0. The van der Waals surface area contributed by atoms with Gasteiger partial charge in [-0.15, -0.1) is 0 Å². The van der Waals surface area contributed by atoms with Crippen LogP contribution in [0.15, 0.2) is 16.7 Å². The fraction of sp³-hybridized carbons (Fsp3) is 0.667. The molecule has 1 saturated carbocycles. The smallest absolute Gasteiger partial charge is 0.132 e. The monoisotopic (exact) mass is 310 g/mol. The molecule has 1 saturated heterocycles. The third kappa shape index (κ3) is 2.87. The number of pyridine rings is 1. The zero-order valence-electron chi connectivity index (χ0n) is 11.7. The summed E-state index contributed by atoms with van der Waals surface area (Å²) in [7, 11) is 0. The molecule has 1 aliphatic heterocycles. The third-order valence-corrected chi connectivity index (χ3v) is 4.56. The Morgan fingerprint density at radius 3 is 2.28 bits per heavy atom. The van der Waals surface area contributed by atoms with Gasteiger partial charge in [-0.05, 0) is 65.6 Å². The minimum absolute atomic E-state index is 0.746. The van der Waals surface area contributed by atoms with E-state index < -0.39 is 0 Å². The van der Waals surface area contributed by atoms with Gasteiger partial charge in [-0.25, -0.2) is 4.98 Å². The fourth-order valence-electron chi connectivity index (χ4n) is 2.68. The Morgan fingerprint density at radius 2 is 1.72 bits per heavy atom. The zero-order chi connectivity index (χ0) is 13.2. The van der Waals surface area contributed by atoms with Crippen molar-refractivity contribution in [2.45, 2.75) is 46.5 Å². The normalized spacial score (nSPS) is 20.3. The molecule has 2 nitrogen and oxygen atoms in total. The SMILES string of the molecule is CC.Cc1ccc(Br)nc1N1CCC2(CC1)CC2. The van der Waals surface area contributed by atoms with Crippen LogP contribution in [-0.4, -0.2) is 18.1 Å². The number of hydrogen-bond acceptors (Lipinski definition) is 2.